The normalized spacial score (nSPS) is 18.0. The number of carbonyl (C=O) groups is 4. The van der Waals surface area contributed by atoms with Gasteiger partial charge in [0.2, 0.25) is 5.91 Å². The van der Waals surface area contributed by atoms with Gasteiger partial charge in [0.05, 0.1) is 12.7 Å². The second-order valence-electron chi connectivity index (χ2n) is 5.71. The summed E-state index contributed by atoms with van der Waals surface area (Å²) in [4.78, 5) is 56.6. The molecule has 27 heavy (non-hydrogen) atoms. The first-order valence-corrected chi connectivity index (χ1v) is 8.12. The Hall–Kier alpha value is -3.62. The van der Waals surface area contributed by atoms with Crippen molar-refractivity contribution in [2.45, 2.75) is 0 Å². The molecule has 138 valence electrons. The van der Waals surface area contributed by atoms with Gasteiger partial charge in [-0.2, -0.15) is 4.99 Å². The number of urea groups is 1. The van der Waals surface area contributed by atoms with E-state index < -0.39 is 29.7 Å². The van der Waals surface area contributed by atoms with E-state index in [0.29, 0.717) is 11.1 Å². The molecule has 2 aliphatic heterocycles. The minimum atomic E-state index is -0.699. The van der Waals surface area contributed by atoms with Crippen LogP contribution < -0.4 is 5.32 Å². The highest BCUT2D eigenvalue weighted by Gasteiger charge is 2.36. The second-order valence-corrected chi connectivity index (χ2v) is 5.71. The Morgan fingerprint density at radius 3 is 2.59 bits per heavy atom. The molecule has 4 amide bonds. The number of allylic oxidation sites excluding steroid dienone is 1. The predicted molar refractivity (Wildman–Crippen MR) is 95.8 cm³/mol. The number of nitrogens with one attached hydrogen (secondary N) is 1. The van der Waals surface area contributed by atoms with Crippen molar-refractivity contribution in [1.29, 1.82) is 0 Å². The van der Waals surface area contributed by atoms with Crippen molar-refractivity contribution in [1.82, 2.24) is 10.2 Å². The highest BCUT2D eigenvalue weighted by molar-refractivity contribution is 6.19. The quantitative estimate of drug-likeness (QED) is 0.772. The summed E-state index contributed by atoms with van der Waals surface area (Å²) in [7, 11) is 1.27. The van der Waals surface area contributed by atoms with Crippen molar-refractivity contribution in [3.05, 3.63) is 47.5 Å². The lowest BCUT2D eigenvalue weighted by Crippen LogP contribution is -2.48. The molecule has 2 heterocycles. The van der Waals surface area contributed by atoms with Crippen molar-refractivity contribution in [3.8, 4) is 0 Å². The van der Waals surface area contributed by atoms with E-state index in [1.54, 1.807) is 12.2 Å². The maximum Gasteiger partial charge on any atom is 0.352 e. The van der Waals surface area contributed by atoms with Gasteiger partial charge in [0.25, 0.3) is 5.91 Å². The van der Waals surface area contributed by atoms with Gasteiger partial charge in [-0.3, -0.25) is 14.5 Å². The molecular formula is C18H16N4O5. The molecule has 0 fully saturated rings. The summed E-state index contributed by atoms with van der Waals surface area (Å²) >= 11 is 0. The van der Waals surface area contributed by atoms with Gasteiger partial charge in [-0.05, 0) is 30.3 Å². The monoisotopic (exact) mass is 368 g/mol. The molecule has 1 aromatic rings. The summed E-state index contributed by atoms with van der Waals surface area (Å²) < 4.78 is 4.59. The van der Waals surface area contributed by atoms with Crippen molar-refractivity contribution in [3.63, 3.8) is 0 Å². The molecule has 0 aromatic heterocycles. The Kier molecular flexibility index (Phi) is 5.20. The van der Waals surface area contributed by atoms with E-state index in [0.717, 1.165) is 4.90 Å². The number of esters is 1. The number of dihydropyridines is 1. The van der Waals surface area contributed by atoms with Gasteiger partial charge in [-0.15, -0.1) is 0 Å². The zero-order valence-electron chi connectivity index (χ0n) is 14.4. The Morgan fingerprint density at radius 2 is 1.89 bits per heavy atom. The molecule has 1 atom stereocenters. The summed E-state index contributed by atoms with van der Waals surface area (Å²) in [6.45, 7) is 0.0636. The van der Waals surface area contributed by atoms with Crippen molar-refractivity contribution in [2.75, 3.05) is 20.2 Å². The Morgan fingerprint density at radius 1 is 1.19 bits per heavy atom. The molecule has 9 heteroatoms. The van der Waals surface area contributed by atoms with Gasteiger partial charge in [0.1, 0.15) is 11.8 Å². The van der Waals surface area contributed by atoms with Crippen LogP contribution in [0.3, 0.4) is 0 Å². The Balaban J connectivity index is 1.57. The van der Waals surface area contributed by atoms with Crippen LogP contribution in [-0.4, -0.2) is 61.0 Å². The lowest BCUT2D eigenvalue weighted by molar-refractivity contribution is -0.129. The highest BCUT2D eigenvalue weighted by Crippen LogP contribution is 2.18. The number of amides is 4. The fourth-order valence-electron chi connectivity index (χ4n) is 2.62. The van der Waals surface area contributed by atoms with Crippen molar-refractivity contribution in [2.24, 2.45) is 15.9 Å². The molecule has 1 N–H and O–H groups in total. The van der Waals surface area contributed by atoms with E-state index in [9.17, 15) is 19.2 Å². The van der Waals surface area contributed by atoms with E-state index in [2.05, 4.69) is 20.0 Å². The van der Waals surface area contributed by atoms with Crippen LogP contribution in [0.25, 0.3) is 0 Å². The number of carbonyl (C=O) groups excluding carboxylic acids is 4. The average molecular weight is 368 g/mol. The first-order valence-electron chi connectivity index (χ1n) is 8.12. The predicted octanol–water partition coefficient (Wildman–Crippen LogP) is 0.820. The molecule has 0 aliphatic carbocycles. The molecule has 0 saturated heterocycles. The maximum absolute atomic E-state index is 12.4. The zero-order valence-corrected chi connectivity index (χ0v) is 14.4. The number of imide groups is 1. The van der Waals surface area contributed by atoms with Crippen LogP contribution in [-0.2, 0) is 9.53 Å². The number of fused-ring (bicyclic) bond motifs is 1. The first-order chi connectivity index (χ1) is 13.0. The molecule has 0 spiro atoms. The largest absolute Gasteiger partial charge is 0.465 e. The summed E-state index contributed by atoms with van der Waals surface area (Å²) in [6, 6.07) is 5.23. The molecule has 9 nitrogen and oxygen atoms in total. The van der Waals surface area contributed by atoms with Gasteiger partial charge < -0.3 is 10.1 Å². The number of nitrogens with zero attached hydrogens (tertiary/aromatic N) is 3. The Bertz CT molecular complexity index is 886. The molecule has 3 rings (SSSR count). The van der Waals surface area contributed by atoms with Gasteiger partial charge in [0, 0.05) is 24.9 Å². The number of benzene rings is 1. The van der Waals surface area contributed by atoms with Crippen LogP contribution in [0.4, 0.5) is 4.79 Å². The summed E-state index contributed by atoms with van der Waals surface area (Å²) in [5.41, 5.74) is 0.666. The van der Waals surface area contributed by atoms with Crippen LogP contribution in [0.5, 0.6) is 0 Å². The third kappa shape index (κ3) is 3.81. The Labute approximate surface area is 154 Å². The minimum Gasteiger partial charge on any atom is -0.465 e. The molecule has 1 unspecified atom stereocenters. The molecule has 0 saturated carbocycles. The molecule has 1 aromatic carbocycles. The number of amidine groups is 1. The van der Waals surface area contributed by atoms with Crippen molar-refractivity contribution >= 4 is 35.9 Å². The van der Waals surface area contributed by atoms with Crippen LogP contribution in [0.2, 0.25) is 0 Å². The van der Waals surface area contributed by atoms with Crippen LogP contribution in [0.15, 0.2) is 46.4 Å². The van der Waals surface area contributed by atoms with E-state index >= 15 is 0 Å². The number of aliphatic imine (C=N–C) groups is 2. The molecule has 2 aliphatic rings. The van der Waals surface area contributed by atoms with Gasteiger partial charge >= 0.3 is 12.0 Å². The second kappa shape index (κ2) is 7.73. The number of hydrogen-bond donors (Lipinski definition) is 1. The lowest BCUT2D eigenvalue weighted by atomic mass is 10.0. The smallest absolute Gasteiger partial charge is 0.352 e. The van der Waals surface area contributed by atoms with Crippen molar-refractivity contribution < 1.29 is 23.9 Å². The standard InChI is InChI=1S/C18H16N4O5/c1-27-17(25)12-6-4-11(5-7-12)15(23)20-9-10-22-16(24)13-3-2-8-19-14(13)21-18(22)26/h2-8,13H,9-10H2,1H3,(H,20,23). The fourth-order valence-corrected chi connectivity index (χ4v) is 2.62. The van der Waals surface area contributed by atoms with Crippen LogP contribution in [0.1, 0.15) is 20.7 Å². The first kappa shape index (κ1) is 18.2. The molecule has 0 radical (unpaired) electrons. The lowest BCUT2D eigenvalue weighted by Gasteiger charge is -2.27. The van der Waals surface area contributed by atoms with Gasteiger partial charge in [-0.1, -0.05) is 6.08 Å². The maximum atomic E-state index is 12.4. The van der Waals surface area contributed by atoms with E-state index in [-0.39, 0.29) is 18.9 Å². The fraction of sp³-hybridized carbons (Fsp3) is 0.222. The zero-order chi connectivity index (χ0) is 19.4. The number of ether oxygens (including phenoxy) is 1. The third-order valence-electron chi connectivity index (χ3n) is 4.04. The SMILES string of the molecule is COC(=O)c1ccc(C(=O)NCCN2C(=O)N=C3N=CC=CC3C2=O)cc1. The number of rotatable bonds is 5. The molecule has 0 bridgehead atoms. The average Bonchev–Trinajstić information content (AvgIpc) is 2.69. The number of methoxy groups -OCH3 is 1. The van der Waals surface area contributed by atoms with Crippen LogP contribution in [0, 0.1) is 5.92 Å². The summed E-state index contributed by atoms with van der Waals surface area (Å²) in [5, 5.41) is 2.62. The van der Waals surface area contributed by atoms with E-state index in [1.165, 1.54) is 37.6 Å². The molecular weight excluding hydrogens is 352 g/mol. The highest BCUT2D eigenvalue weighted by atomic mass is 16.5. The van der Waals surface area contributed by atoms with Crippen LogP contribution >= 0.6 is 0 Å². The van der Waals surface area contributed by atoms with Gasteiger partial charge in [0.15, 0.2) is 0 Å². The van der Waals surface area contributed by atoms with E-state index in [4.69, 9.17) is 0 Å². The van der Waals surface area contributed by atoms with E-state index in [1.807, 2.05) is 0 Å². The summed E-state index contributed by atoms with van der Waals surface area (Å²) in [6.07, 6.45) is 4.71. The minimum absolute atomic E-state index is 0.00547. The third-order valence-corrected chi connectivity index (χ3v) is 4.04. The summed E-state index contributed by atoms with van der Waals surface area (Å²) in [5.74, 6) is -1.80. The van der Waals surface area contributed by atoms with Gasteiger partial charge in [-0.25, -0.2) is 14.6 Å². The topological polar surface area (TPSA) is 118 Å². The number of hydrogen-bond acceptors (Lipinski definition) is 6.